The van der Waals surface area contributed by atoms with Crippen LogP contribution in [0.5, 0.6) is 0 Å². The lowest BCUT2D eigenvalue weighted by Gasteiger charge is -2.35. The lowest BCUT2D eigenvalue weighted by atomic mass is 10.1. The predicted octanol–water partition coefficient (Wildman–Crippen LogP) is 1.43. The Kier molecular flexibility index (Phi) is 4.56. The van der Waals surface area contributed by atoms with Crippen molar-refractivity contribution in [1.82, 2.24) is 9.80 Å². The van der Waals surface area contributed by atoms with Gasteiger partial charge in [0.2, 0.25) is 0 Å². The number of benzene rings is 1. The van der Waals surface area contributed by atoms with Gasteiger partial charge >= 0.3 is 0 Å². The van der Waals surface area contributed by atoms with E-state index in [1.165, 1.54) is 4.90 Å². The van der Waals surface area contributed by atoms with Crippen molar-refractivity contribution < 1.29 is 23.1 Å². The summed E-state index contributed by atoms with van der Waals surface area (Å²) in [5.41, 5.74) is -0.148. The van der Waals surface area contributed by atoms with E-state index in [9.17, 15) is 18.4 Å². The first kappa shape index (κ1) is 15.9. The van der Waals surface area contributed by atoms with Crippen molar-refractivity contribution in [3.8, 4) is 0 Å². The molecule has 3 rings (SSSR count). The number of carbonyl (C=O) groups excluding carboxylic acids is 2. The molecule has 1 aromatic rings. The summed E-state index contributed by atoms with van der Waals surface area (Å²) in [5, 5.41) is 0. The number of ether oxygens (including phenoxy) is 1. The topological polar surface area (TPSA) is 49.9 Å². The summed E-state index contributed by atoms with van der Waals surface area (Å²) < 4.78 is 32.0. The van der Waals surface area contributed by atoms with E-state index in [0.29, 0.717) is 38.9 Å². The Hall–Kier alpha value is -2.02. The molecule has 0 bridgehead atoms. The molecule has 124 valence electrons. The average Bonchev–Trinajstić information content (AvgIpc) is 3.08. The maximum atomic E-state index is 13.7. The zero-order valence-corrected chi connectivity index (χ0v) is 12.6. The van der Waals surface area contributed by atoms with Crippen molar-refractivity contribution in [2.24, 2.45) is 0 Å². The molecule has 0 unspecified atom stereocenters. The first-order chi connectivity index (χ1) is 11.1. The number of hydrogen-bond acceptors (Lipinski definition) is 3. The molecule has 0 N–H and O–H groups in total. The first-order valence-electron chi connectivity index (χ1n) is 7.71. The molecule has 1 aromatic carbocycles. The molecule has 2 amide bonds. The number of halogens is 2. The fraction of sp³-hybridized carbons (Fsp3) is 0.500. The maximum Gasteiger partial charge on any atom is 0.256 e. The van der Waals surface area contributed by atoms with Crippen LogP contribution in [0.3, 0.4) is 0 Å². The van der Waals surface area contributed by atoms with Crippen LogP contribution in [0.25, 0.3) is 0 Å². The van der Waals surface area contributed by atoms with Crippen LogP contribution >= 0.6 is 0 Å². The molecule has 2 aliphatic rings. The fourth-order valence-corrected chi connectivity index (χ4v) is 2.94. The van der Waals surface area contributed by atoms with Gasteiger partial charge in [-0.25, -0.2) is 8.78 Å². The molecule has 5 nitrogen and oxygen atoms in total. The molecular formula is C16H18F2N2O3. The minimum atomic E-state index is -0.868. The fourth-order valence-electron chi connectivity index (χ4n) is 2.94. The molecule has 0 saturated carbocycles. The SMILES string of the molecule is O=C(c1ccc(F)cc1F)N1CCN(C(=O)[C@@H]2CCCO2)CC1. The summed E-state index contributed by atoms with van der Waals surface area (Å²) in [4.78, 5) is 27.7. The summed E-state index contributed by atoms with van der Waals surface area (Å²) in [7, 11) is 0. The van der Waals surface area contributed by atoms with Gasteiger partial charge < -0.3 is 14.5 Å². The molecule has 2 fully saturated rings. The van der Waals surface area contributed by atoms with Crippen molar-refractivity contribution in [3.05, 3.63) is 35.4 Å². The Morgan fingerprint density at radius 3 is 2.39 bits per heavy atom. The van der Waals surface area contributed by atoms with Crippen molar-refractivity contribution in [1.29, 1.82) is 0 Å². The third-order valence-electron chi connectivity index (χ3n) is 4.25. The largest absolute Gasteiger partial charge is 0.368 e. The molecule has 23 heavy (non-hydrogen) atoms. The Morgan fingerprint density at radius 2 is 1.78 bits per heavy atom. The number of hydrogen-bond donors (Lipinski definition) is 0. The van der Waals surface area contributed by atoms with E-state index < -0.39 is 17.5 Å². The van der Waals surface area contributed by atoms with Gasteiger partial charge in [-0.15, -0.1) is 0 Å². The molecule has 0 spiro atoms. The van der Waals surface area contributed by atoms with Gasteiger partial charge in [-0.3, -0.25) is 9.59 Å². The van der Waals surface area contributed by atoms with Crippen LogP contribution in [0.2, 0.25) is 0 Å². The van der Waals surface area contributed by atoms with E-state index in [4.69, 9.17) is 4.74 Å². The van der Waals surface area contributed by atoms with Crippen LogP contribution in [-0.2, 0) is 9.53 Å². The highest BCUT2D eigenvalue weighted by atomic mass is 19.1. The van der Waals surface area contributed by atoms with E-state index in [1.54, 1.807) is 4.90 Å². The summed E-state index contributed by atoms with van der Waals surface area (Å²) in [6, 6.07) is 2.91. The van der Waals surface area contributed by atoms with Gasteiger partial charge in [0.1, 0.15) is 17.7 Å². The van der Waals surface area contributed by atoms with Gasteiger partial charge in [-0.05, 0) is 25.0 Å². The summed E-state index contributed by atoms with van der Waals surface area (Å²) in [6.07, 6.45) is 1.25. The zero-order valence-electron chi connectivity index (χ0n) is 12.6. The average molecular weight is 324 g/mol. The van der Waals surface area contributed by atoms with Crippen LogP contribution in [0.15, 0.2) is 18.2 Å². The Morgan fingerprint density at radius 1 is 1.09 bits per heavy atom. The lowest BCUT2D eigenvalue weighted by molar-refractivity contribution is -0.142. The number of rotatable bonds is 2. The highest BCUT2D eigenvalue weighted by Gasteiger charge is 2.31. The minimum absolute atomic E-state index is 0.0393. The van der Waals surface area contributed by atoms with Crippen LogP contribution in [0, 0.1) is 11.6 Å². The van der Waals surface area contributed by atoms with Gasteiger partial charge in [0.25, 0.3) is 11.8 Å². The molecule has 0 aromatic heterocycles. The summed E-state index contributed by atoms with van der Waals surface area (Å²) in [6.45, 7) is 2.06. The number of carbonyl (C=O) groups is 2. The second-order valence-corrected chi connectivity index (χ2v) is 5.74. The van der Waals surface area contributed by atoms with Gasteiger partial charge in [0.15, 0.2) is 0 Å². The van der Waals surface area contributed by atoms with Crippen molar-refractivity contribution >= 4 is 11.8 Å². The number of nitrogens with zero attached hydrogens (tertiary/aromatic N) is 2. The van der Waals surface area contributed by atoms with E-state index in [1.807, 2.05) is 0 Å². The molecular weight excluding hydrogens is 306 g/mol. The van der Waals surface area contributed by atoms with Crippen LogP contribution in [0.1, 0.15) is 23.2 Å². The minimum Gasteiger partial charge on any atom is -0.368 e. The molecule has 0 aliphatic carbocycles. The van der Waals surface area contributed by atoms with Gasteiger partial charge in [0.05, 0.1) is 5.56 Å². The monoisotopic (exact) mass is 324 g/mol. The van der Waals surface area contributed by atoms with E-state index in [-0.39, 0.29) is 17.6 Å². The number of piperazine rings is 1. The second kappa shape index (κ2) is 6.62. The smallest absolute Gasteiger partial charge is 0.256 e. The molecule has 7 heteroatoms. The molecule has 2 aliphatic heterocycles. The predicted molar refractivity (Wildman–Crippen MR) is 77.8 cm³/mol. The van der Waals surface area contributed by atoms with Crippen molar-refractivity contribution in [2.45, 2.75) is 18.9 Å². The Labute approximate surface area is 132 Å². The van der Waals surface area contributed by atoms with Crippen molar-refractivity contribution in [2.75, 3.05) is 32.8 Å². The summed E-state index contributed by atoms with van der Waals surface area (Å²) >= 11 is 0. The highest BCUT2D eigenvalue weighted by molar-refractivity contribution is 5.94. The van der Waals surface area contributed by atoms with E-state index in [2.05, 4.69) is 0 Å². The summed E-state index contributed by atoms with van der Waals surface area (Å²) in [5.74, 6) is -2.10. The van der Waals surface area contributed by atoms with Crippen LogP contribution in [0.4, 0.5) is 8.78 Å². The highest BCUT2D eigenvalue weighted by Crippen LogP contribution is 2.17. The third kappa shape index (κ3) is 3.34. The molecule has 0 radical (unpaired) electrons. The lowest BCUT2D eigenvalue weighted by Crippen LogP contribution is -2.52. The van der Waals surface area contributed by atoms with E-state index >= 15 is 0 Å². The first-order valence-corrected chi connectivity index (χ1v) is 7.71. The zero-order chi connectivity index (χ0) is 16.4. The van der Waals surface area contributed by atoms with Gasteiger partial charge in [-0.2, -0.15) is 0 Å². The molecule has 1 atom stereocenters. The molecule has 2 saturated heterocycles. The van der Waals surface area contributed by atoms with E-state index in [0.717, 1.165) is 25.0 Å². The third-order valence-corrected chi connectivity index (χ3v) is 4.25. The standard InChI is InChI=1S/C16H18F2N2O3/c17-11-3-4-12(13(18)10-11)15(21)19-5-7-20(8-6-19)16(22)14-2-1-9-23-14/h3-4,10,14H,1-2,5-9H2/t14-/m0/s1. The van der Waals surface area contributed by atoms with Crippen LogP contribution < -0.4 is 0 Å². The number of amides is 2. The normalized spacial score (nSPS) is 21.6. The Balaban J connectivity index is 1.60. The van der Waals surface area contributed by atoms with Gasteiger partial charge in [-0.1, -0.05) is 0 Å². The van der Waals surface area contributed by atoms with Crippen molar-refractivity contribution in [3.63, 3.8) is 0 Å². The Bertz CT molecular complexity index is 609. The molecule has 2 heterocycles. The quantitative estimate of drug-likeness (QED) is 0.827. The maximum absolute atomic E-state index is 13.7. The van der Waals surface area contributed by atoms with Crippen LogP contribution in [-0.4, -0.2) is 60.5 Å². The van der Waals surface area contributed by atoms with Gasteiger partial charge in [0, 0.05) is 38.9 Å². The second-order valence-electron chi connectivity index (χ2n) is 5.74.